The summed E-state index contributed by atoms with van der Waals surface area (Å²) in [4.78, 5) is 36.9. The van der Waals surface area contributed by atoms with Gasteiger partial charge in [-0.25, -0.2) is 4.79 Å². The number of carbonyl (C=O) groups excluding carboxylic acids is 2. The quantitative estimate of drug-likeness (QED) is 0.423. The smallest absolute Gasteiger partial charge is 0.416 e. The first-order chi connectivity index (χ1) is 15.5. The third-order valence-corrected chi connectivity index (χ3v) is 6.36. The Bertz CT molecular complexity index is 1330. The van der Waals surface area contributed by atoms with Crippen LogP contribution in [0, 0.1) is 6.92 Å². The molecule has 172 valence electrons. The van der Waals surface area contributed by atoms with E-state index in [4.69, 9.17) is 9.15 Å². The van der Waals surface area contributed by atoms with Gasteiger partial charge in [-0.3, -0.25) is 9.59 Å². The van der Waals surface area contributed by atoms with Crippen LogP contribution in [0.2, 0.25) is 0 Å². The molecule has 4 rings (SSSR count). The van der Waals surface area contributed by atoms with E-state index < -0.39 is 34.5 Å². The fraction of sp³-hybridized carbons (Fsp3) is 0.227. The van der Waals surface area contributed by atoms with E-state index in [1.54, 1.807) is 6.92 Å². The van der Waals surface area contributed by atoms with Crippen LogP contribution in [-0.2, 0) is 27.1 Å². The Hall–Kier alpha value is -3.47. The number of alkyl halides is 3. The van der Waals surface area contributed by atoms with Crippen molar-refractivity contribution in [1.29, 1.82) is 0 Å². The first-order valence-electron chi connectivity index (χ1n) is 9.62. The molecule has 1 atom stereocenters. The topological polar surface area (TPSA) is 106 Å². The number of halogens is 3. The largest absolute Gasteiger partial charge is 0.508 e. The van der Waals surface area contributed by atoms with E-state index in [1.807, 2.05) is 0 Å². The zero-order chi connectivity index (χ0) is 23.9. The van der Waals surface area contributed by atoms with Gasteiger partial charge < -0.3 is 19.6 Å². The summed E-state index contributed by atoms with van der Waals surface area (Å²) in [6, 6.07) is 7.12. The van der Waals surface area contributed by atoms with Crippen molar-refractivity contribution in [2.24, 2.45) is 0 Å². The number of aryl methyl sites for hydroxylation is 1. The van der Waals surface area contributed by atoms with Crippen molar-refractivity contribution in [2.45, 2.75) is 36.3 Å². The van der Waals surface area contributed by atoms with Gasteiger partial charge in [-0.15, -0.1) is 11.8 Å². The van der Waals surface area contributed by atoms with Gasteiger partial charge in [0, 0.05) is 27.5 Å². The van der Waals surface area contributed by atoms with Crippen molar-refractivity contribution >= 4 is 40.3 Å². The zero-order valence-corrected chi connectivity index (χ0v) is 17.8. The van der Waals surface area contributed by atoms with Gasteiger partial charge in [0.05, 0.1) is 22.9 Å². The Balaban J connectivity index is 1.45. The van der Waals surface area contributed by atoms with Crippen molar-refractivity contribution in [3.8, 4) is 5.75 Å². The lowest BCUT2D eigenvalue weighted by molar-refractivity contribution is -0.145. The molecule has 1 amide bonds. The molecular formula is C22H16F3NO6S. The van der Waals surface area contributed by atoms with Crippen LogP contribution < -0.4 is 10.9 Å². The van der Waals surface area contributed by atoms with E-state index in [0.29, 0.717) is 21.4 Å². The predicted molar refractivity (Wildman–Crippen MR) is 113 cm³/mol. The van der Waals surface area contributed by atoms with Crippen molar-refractivity contribution in [3.05, 3.63) is 63.5 Å². The summed E-state index contributed by atoms with van der Waals surface area (Å²) in [6.45, 7) is 1.31. The van der Waals surface area contributed by atoms with Gasteiger partial charge in [0.2, 0.25) is 5.91 Å². The van der Waals surface area contributed by atoms with E-state index >= 15 is 0 Å². The first-order valence-corrected chi connectivity index (χ1v) is 10.5. The highest BCUT2D eigenvalue weighted by Crippen LogP contribution is 2.40. The van der Waals surface area contributed by atoms with Crippen molar-refractivity contribution < 1.29 is 37.0 Å². The van der Waals surface area contributed by atoms with Gasteiger partial charge in [-0.05, 0) is 37.3 Å². The lowest BCUT2D eigenvalue weighted by Gasteiger charge is -2.24. The van der Waals surface area contributed by atoms with E-state index in [2.05, 4.69) is 5.32 Å². The van der Waals surface area contributed by atoms with Crippen LogP contribution in [0.1, 0.15) is 23.1 Å². The van der Waals surface area contributed by atoms with Crippen molar-refractivity contribution in [1.82, 2.24) is 0 Å². The number of phenols is 1. The minimum absolute atomic E-state index is 0.0329. The molecular weight excluding hydrogens is 463 g/mol. The number of rotatable bonds is 4. The van der Waals surface area contributed by atoms with Gasteiger partial charge >= 0.3 is 17.8 Å². The highest BCUT2D eigenvalue weighted by molar-refractivity contribution is 8.01. The molecule has 0 spiro atoms. The molecule has 1 aliphatic rings. The predicted octanol–water partition coefficient (Wildman–Crippen LogP) is 4.37. The molecule has 0 aliphatic carbocycles. The lowest BCUT2D eigenvalue weighted by Crippen LogP contribution is -2.31. The summed E-state index contributed by atoms with van der Waals surface area (Å²) < 4.78 is 49.0. The summed E-state index contributed by atoms with van der Waals surface area (Å²) in [5, 5.41) is 11.8. The molecule has 0 bridgehead atoms. The summed E-state index contributed by atoms with van der Waals surface area (Å²) in [5.41, 5.74) is -0.637. The van der Waals surface area contributed by atoms with Gasteiger partial charge in [0.15, 0.2) is 0 Å². The lowest BCUT2D eigenvalue weighted by atomic mass is 10.1. The van der Waals surface area contributed by atoms with E-state index in [1.165, 1.54) is 24.3 Å². The maximum atomic E-state index is 12.9. The Morgan fingerprint density at radius 1 is 1.21 bits per heavy atom. The second kappa shape index (κ2) is 8.47. The normalized spacial score (nSPS) is 15.8. The average molecular weight is 479 g/mol. The van der Waals surface area contributed by atoms with Crippen molar-refractivity contribution in [2.75, 3.05) is 5.32 Å². The summed E-state index contributed by atoms with van der Waals surface area (Å²) >= 11 is 0.970. The molecule has 2 aromatic carbocycles. The maximum absolute atomic E-state index is 12.9. The number of hydrogen-bond acceptors (Lipinski definition) is 7. The van der Waals surface area contributed by atoms with Crippen LogP contribution in [0.5, 0.6) is 5.75 Å². The molecule has 11 heteroatoms. The SMILES string of the molecule is Cc1c(O)ccc2c(COC(=O)C[C@@H]3Sc4ccc(C(F)(F)F)cc4NC3=O)cc(=O)oc12. The molecule has 3 aromatic rings. The van der Waals surface area contributed by atoms with E-state index in [0.717, 1.165) is 23.9 Å². The van der Waals surface area contributed by atoms with Crippen LogP contribution >= 0.6 is 11.8 Å². The van der Waals surface area contributed by atoms with Crippen LogP contribution in [0.3, 0.4) is 0 Å². The van der Waals surface area contributed by atoms with Gasteiger partial charge in [-0.1, -0.05) is 0 Å². The Morgan fingerprint density at radius 3 is 2.70 bits per heavy atom. The summed E-state index contributed by atoms with van der Waals surface area (Å²) in [5.74, 6) is -1.39. The maximum Gasteiger partial charge on any atom is 0.416 e. The molecule has 0 saturated carbocycles. The van der Waals surface area contributed by atoms with Crippen LogP contribution in [0.4, 0.5) is 18.9 Å². The molecule has 0 saturated heterocycles. The van der Waals surface area contributed by atoms with Gasteiger partial charge in [0.25, 0.3) is 0 Å². The standard InChI is InChI=1S/C22H16F3NO6S/c1-10-15(27)4-3-13-11(6-19(29)32-20(10)13)9-31-18(28)8-17-21(30)26-14-7-12(22(23,24)25)2-5-16(14)33-17/h2-7,17,27H,8-9H2,1H3,(H,26,30)/t17-/m0/s1. The number of aromatic hydroxyl groups is 1. The fourth-order valence-corrected chi connectivity index (χ4v) is 4.44. The minimum atomic E-state index is -4.54. The Morgan fingerprint density at radius 2 is 1.97 bits per heavy atom. The van der Waals surface area contributed by atoms with Crippen LogP contribution in [0.25, 0.3) is 11.0 Å². The number of benzene rings is 2. The number of ether oxygens (including phenoxy) is 1. The number of amides is 1. The molecule has 1 aliphatic heterocycles. The molecule has 0 radical (unpaired) electrons. The highest BCUT2D eigenvalue weighted by Gasteiger charge is 2.34. The third-order valence-electron chi connectivity index (χ3n) is 5.09. The monoisotopic (exact) mass is 479 g/mol. The second-order valence-corrected chi connectivity index (χ2v) is 8.59. The number of thioether (sulfide) groups is 1. The number of fused-ring (bicyclic) bond motifs is 2. The van der Waals surface area contributed by atoms with Gasteiger partial charge in [-0.2, -0.15) is 13.2 Å². The molecule has 7 nitrogen and oxygen atoms in total. The Labute approximate surface area is 188 Å². The van der Waals surface area contributed by atoms with Gasteiger partial charge in [0.1, 0.15) is 17.9 Å². The van der Waals surface area contributed by atoms with Crippen molar-refractivity contribution in [3.63, 3.8) is 0 Å². The fourth-order valence-electron chi connectivity index (χ4n) is 3.36. The third kappa shape index (κ3) is 4.68. The summed E-state index contributed by atoms with van der Waals surface area (Å²) in [7, 11) is 0. The second-order valence-electron chi connectivity index (χ2n) is 7.35. The molecule has 2 N–H and O–H groups in total. The van der Waals surface area contributed by atoms with Crippen LogP contribution in [0.15, 0.2) is 50.5 Å². The molecule has 1 aromatic heterocycles. The minimum Gasteiger partial charge on any atom is -0.508 e. The first kappa shape index (κ1) is 22.7. The number of esters is 1. The molecule has 2 heterocycles. The Kier molecular flexibility index (Phi) is 5.83. The molecule has 0 unspecified atom stereocenters. The van der Waals surface area contributed by atoms with E-state index in [-0.39, 0.29) is 30.0 Å². The molecule has 33 heavy (non-hydrogen) atoms. The highest BCUT2D eigenvalue weighted by atomic mass is 32.2. The number of carbonyl (C=O) groups is 2. The average Bonchev–Trinajstić information content (AvgIpc) is 2.74. The summed E-state index contributed by atoms with van der Waals surface area (Å²) in [6.07, 6.45) is -4.86. The van der Waals surface area contributed by atoms with E-state index in [9.17, 15) is 32.7 Å². The number of nitrogens with one attached hydrogen (secondary N) is 1. The van der Waals surface area contributed by atoms with Crippen LogP contribution in [-0.4, -0.2) is 22.2 Å². The number of hydrogen-bond donors (Lipinski definition) is 2. The molecule has 0 fully saturated rings. The number of phenolic OH excluding ortho intramolecular Hbond substituents is 1. The number of anilines is 1. The zero-order valence-electron chi connectivity index (χ0n) is 17.0.